The smallest absolute Gasteiger partial charge is 0.319 e. The molecule has 184 valence electrons. The Bertz CT molecular complexity index is 1130. The van der Waals surface area contributed by atoms with Gasteiger partial charge in [0, 0.05) is 5.69 Å². The molecule has 1 aromatic heterocycles. The number of nitrogens with zero attached hydrogens (tertiary/aromatic N) is 1. The summed E-state index contributed by atoms with van der Waals surface area (Å²) in [7, 11) is 0. The maximum absolute atomic E-state index is 12.6. The van der Waals surface area contributed by atoms with Crippen molar-refractivity contribution in [2.45, 2.75) is 51.4 Å². The normalized spacial score (nSPS) is 19.7. The number of urea groups is 1. The largest absolute Gasteiger partial charge is 0.394 e. The highest BCUT2D eigenvalue weighted by Gasteiger charge is 2.33. The highest BCUT2D eigenvalue weighted by Crippen LogP contribution is 2.25. The summed E-state index contributed by atoms with van der Waals surface area (Å²) in [6.45, 7) is 3.18. The molecular weight excluding hydrogens is 448 g/mol. The third kappa shape index (κ3) is 6.26. The summed E-state index contributed by atoms with van der Waals surface area (Å²) in [5, 5.41) is 22.1. The van der Waals surface area contributed by atoms with E-state index in [1.54, 1.807) is 13.8 Å². The fourth-order valence-corrected chi connectivity index (χ4v) is 4.22. The molecule has 3 amide bonds. The molecule has 35 heavy (non-hydrogen) atoms. The van der Waals surface area contributed by atoms with Gasteiger partial charge in [-0.15, -0.1) is 0 Å². The van der Waals surface area contributed by atoms with Gasteiger partial charge in [0.05, 0.1) is 25.2 Å². The van der Waals surface area contributed by atoms with E-state index in [9.17, 15) is 14.7 Å². The van der Waals surface area contributed by atoms with Crippen LogP contribution in [-0.4, -0.2) is 47.1 Å². The predicted octanol–water partition coefficient (Wildman–Crippen LogP) is 4.02. The summed E-state index contributed by atoms with van der Waals surface area (Å²) < 4.78 is 11.0. The molecule has 0 aliphatic carbocycles. The van der Waals surface area contributed by atoms with Gasteiger partial charge < -0.3 is 30.3 Å². The van der Waals surface area contributed by atoms with E-state index in [0.29, 0.717) is 35.7 Å². The first-order valence-corrected chi connectivity index (χ1v) is 11.6. The van der Waals surface area contributed by atoms with E-state index >= 15 is 0 Å². The number of nitrogens with one attached hydrogen (secondary N) is 3. The minimum absolute atomic E-state index is 0.162. The van der Waals surface area contributed by atoms with Crippen molar-refractivity contribution in [2.24, 2.45) is 0 Å². The number of hydrogen-bond donors (Lipinski definition) is 4. The Morgan fingerprint density at radius 3 is 2.37 bits per heavy atom. The second-order valence-corrected chi connectivity index (χ2v) is 8.66. The van der Waals surface area contributed by atoms with Crippen LogP contribution in [0.1, 0.15) is 30.7 Å². The van der Waals surface area contributed by atoms with Crippen LogP contribution in [0.2, 0.25) is 0 Å². The molecule has 4 N–H and O–H groups in total. The van der Waals surface area contributed by atoms with Crippen molar-refractivity contribution in [3.8, 4) is 11.1 Å². The minimum Gasteiger partial charge on any atom is -0.394 e. The van der Waals surface area contributed by atoms with Crippen LogP contribution in [0, 0.1) is 13.8 Å². The number of anilines is 2. The van der Waals surface area contributed by atoms with Gasteiger partial charge in [-0.2, -0.15) is 0 Å². The zero-order valence-electron chi connectivity index (χ0n) is 19.8. The molecule has 0 unspecified atom stereocenters. The van der Waals surface area contributed by atoms with Crippen LogP contribution in [0.15, 0.2) is 59.1 Å². The van der Waals surface area contributed by atoms with E-state index in [0.717, 1.165) is 11.1 Å². The van der Waals surface area contributed by atoms with Crippen molar-refractivity contribution in [2.75, 3.05) is 17.2 Å². The van der Waals surface area contributed by atoms with E-state index in [4.69, 9.17) is 9.26 Å². The van der Waals surface area contributed by atoms with E-state index < -0.39 is 12.1 Å². The second kappa shape index (κ2) is 11.2. The fraction of sp³-hybridized carbons (Fsp3) is 0.346. The van der Waals surface area contributed by atoms with Crippen molar-refractivity contribution >= 4 is 23.3 Å². The Morgan fingerprint density at radius 2 is 1.71 bits per heavy atom. The average molecular weight is 479 g/mol. The summed E-state index contributed by atoms with van der Waals surface area (Å²) >= 11 is 0. The number of hydrogen-bond acceptors (Lipinski definition) is 6. The number of rotatable bonds is 7. The maximum Gasteiger partial charge on any atom is 0.319 e. The van der Waals surface area contributed by atoms with Crippen molar-refractivity contribution in [1.29, 1.82) is 0 Å². The molecule has 4 rings (SSSR count). The lowest BCUT2D eigenvalue weighted by atomic mass is 9.97. The molecule has 1 fully saturated rings. The van der Waals surface area contributed by atoms with E-state index in [-0.39, 0.29) is 31.1 Å². The summed E-state index contributed by atoms with van der Waals surface area (Å²) in [6.07, 6.45) is 0.355. The number of benzene rings is 2. The molecule has 9 heteroatoms. The van der Waals surface area contributed by atoms with Gasteiger partial charge in [-0.05, 0) is 49.9 Å². The first-order chi connectivity index (χ1) is 16.9. The number of carbonyl (C=O) groups is 2. The van der Waals surface area contributed by atoms with Crippen LogP contribution in [0.4, 0.5) is 16.2 Å². The van der Waals surface area contributed by atoms with E-state index in [1.807, 2.05) is 54.6 Å². The van der Waals surface area contributed by atoms with Crippen molar-refractivity contribution in [1.82, 2.24) is 10.5 Å². The van der Waals surface area contributed by atoms with Gasteiger partial charge >= 0.3 is 6.03 Å². The van der Waals surface area contributed by atoms with E-state index in [1.165, 1.54) is 0 Å². The zero-order valence-corrected chi connectivity index (χ0v) is 19.8. The quantitative estimate of drug-likeness (QED) is 0.406. The summed E-state index contributed by atoms with van der Waals surface area (Å²) in [4.78, 5) is 25.0. The zero-order chi connectivity index (χ0) is 24.8. The lowest BCUT2D eigenvalue weighted by molar-refractivity contribution is -0.126. The molecule has 9 nitrogen and oxygen atoms in total. The summed E-state index contributed by atoms with van der Waals surface area (Å²) in [5.41, 5.74) is 3.99. The summed E-state index contributed by atoms with van der Waals surface area (Å²) in [6, 6.07) is 16.9. The molecule has 1 aliphatic rings. The number of amides is 3. The monoisotopic (exact) mass is 478 g/mol. The van der Waals surface area contributed by atoms with E-state index in [2.05, 4.69) is 21.1 Å². The number of carbonyl (C=O) groups excluding carboxylic acids is 2. The Balaban J connectivity index is 1.26. The lowest BCUT2D eigenvalue weighted by Crippen LogP contribution is -2.52. The number of aliphatic hydroxyl groups is 1. The molecule has 0 saturated carbocycles. The molecule has 3 aromatic rings. The molecule has 2 heterocycles. The maximum atomic E-state index is 12.6. The molecule has 1 saturated heterocycles. The van der Waals surface area contributed by atoms with Gasteiger partial charge in [0.15, 0.2) is 5.76 Å². The van der Waals surface area contributed by atoms with Crippen molar-refractivity contribution in [3.05, 3.63) is 66.1 Å². The Hall–Kier alpha value is -3.69. The molecule has 0 spiro atoms. The van der Waals surface area contributed by atoms with Crippen LogP contribution < -0.4 is 16.0 Å². The predicted molar refractivity (Wildman–Crippen MR) is 132 cm³/mol. The SMILES string of the molecule is Cc1noc(C)c1NC(=O)N[C@H]1CC[C@H](CC(=O)Nc2ccc(-c3ccccc3)cc2)O[C@@H]1CO. The topological polar surface area (TPSA) is 126 Å². The molecule has 1 aliphatic heterocycles. The Morgan fingerprint density at radius 1 is 1.00 bits per heavy atom. The highest BCUT2D eigenvalue weighted by atomic mass is 16.5. The molecule has 2 aromatic carbocycles. The standard InChI is InChI=1S/C26H30N4O5/c1-16-25(17(2)35-30-16)29-26(33)28-22-13-12-21(34-23(22)15-31)14-24(32)27-20-10-8-19(9-11-20)18-6-4-3-5-7-18/h3-11,21-23,31H,12-15H2,1-2H3,(H,27,32)(H2,28,29,33)/t21-,22+,23-/m1/s1. The number of aromatic nitrogens is 1. The van der Waals surface area contributed by atoms with Crippen LogP contribution in [-0.2, 0) is 9.53 Å². The van der Waals surface area contributed by atoms with Crippen LogP contribution in [0.5, 0.6) is 0 Å². The van der Waals surface area contributed by atoms with Crippen molar-refractivity contribution in [3.63, 3.8) is 0 Å². The molecular formula is C26H30N4O5. The first-order valence-electron chi connectivity index (χ1n) is 11.6. The Labute approximate surface area is 203 Å². The highest BCUT2D eigenvalue weighted by molar-refractivity contribution is 5.91. The third-order valence-electron chi connectivity index (χ3n) is 6.07. The van der Waals surface area contributed by atoms with Gasteiger partial charge in [-0.1, -0.05) is 47.6 Å². The van der Waals surface area contributed by atoms with Gasteiger partial charge in [-0.25, -0.2) is 4.79 Å². The van der Waals surface area contributed by atoms with Gasteiger partial charge in [0.1, 0.15) is 17.5 Å². The summed E-state index contributed by atoms with van der Waals surface area (Å²) in [5.74, 6) is 0.346. The van der Waals surface area contributed by atoms with Crippen molar-refractivity contribution < 1.29 is 24.0 Å². The second-order valence-electron chi connectivity index (χ2n) is 8.66. The lowest BCUT2D eigenvalue weighted by Gasteiger charge is -2.35. The van der Waals surface area contributed by atoms with Crippen LogP contribution >= 0.6 is 0 Å². The number of aryl methyl sites for hydroxylation is 2. The molecule has 3 atom stereocenters. The number of ether oxygens (including phenoxy) is 1. The first kappa shape index (κ1) is 24.4. The average Bonchev–Trinajstić information content (AvgIpc) is 3.18. The van der Waals surface area contributed by atoms with Crippen LogP contribution in [0.3, 0.4) is 0 Å². The number of aliphatic hydroxyl groups excluding tert-OH is 1. The Kier molecular flexibility index (Phi) is 7.79. The van der Waals surface area contributed by atoms with Gasteiger partial charge in [0.2, 0.25) is 5.91 Å². The third-order valence-corrected chi connectivity index (χ3v) is 6.07. The van der Waals surface area contributed by atoms with Crippen LogP contribution in [0.25, 0.3) is 11.1 Å². The molecule has 0 bridgehead atoms. The molecule has 0 radical (unpaired) electrons. The fourth-order valence-electron chi connectivity index (χ4n) is 4.22. The van der Waals surface area contributed by atoms with Gasteiger partial charge in [-0.3, -0.25) is 4.79 Å². The minimum atomic E-state index is -0.609. The van der Waals surface area contributed by atoms with Gasteiger partial charge in [0.25, 0.3) is 0 Å².